The van der Waals surface area contributed by atoms with Gasteiger partial charge in [0.25, 0.3) is 5.91 Å². The average Bonchev–Trinajstić information content (AvgIpc) is 3.45. The zero-order valence-corrected chi connectivity index (χ0v) is 14.3. The fraction of sp³-hybridized carbons (Fsp3) is 0.263. The van der Waals surface area contributed by atoms with Crippen LogP contribution in [0, 0.1) is 5.92 Å². The van der Waals surface area contributed by atoms with E-state index in [0.29, 0.717) is 17.1 Å². The van der Waals surface area contributed by atoms with Crippen molar-refractivity contribution in [1.82, 2.24) is 0 Å². The highest BCUT2D eigenvalue weighted by atomic mass is 19.3. The summed E-state index contributed by atoms with van der Waals surface area (Å²) in [6.45, 7) is -3.22. The number of nitrogens with one attached hydrogen (secondary N) is 2. The zero-order valence-electron chi connectivity index (χ0n) is 14.3. The first-order valence-electron chi connectivity index (χ1n) is 8.38. The third kappa shape index (κ3) is 5.95. The number of benzene rings is 2. The highest BCUT2D eigenvalue weighted by Crippen LogP contribution is 2.30. The van der Waals surface area contributed by atoms with Crippen LogP contribution in [-0.4, -0.2) is 25.0 Å². The van der Waals surface area contributed by atoms with Gasteiger partial charge >= 0.3 is 6.61 Å². The van der Waals surface area contributed by atoms with Crippen molar-refractivity contribution in [3.8, 4) is 11.5 Å². The number of carbonyl (C=O) groups excluding carboxylic acids is 2. The van der Waals surface area contributed by atoms with Crippen molar-refractivity contribution in [2.45, 2.75) is 19.5 Å². The van der Waals surface area contributed by atoms with E-state index in [1.165, 1.54) is 18.2 Å². The molecule has 8 heteroatoms. The predicted molar refractivity (Wildman–Crippen MR) is 95.0 cm³/mol. The molecule has 1 aliphatic rings. The summed E-state index contributed by atoms with van der Waals surface area (Å²) in [4.78, 5) is 23.8. The number of hydrogen-bond donors (Lipinski definition) is 2. The summed E-state index contributed by atoms with van der Waals surface area (Å²) in [7, 11) is 0. The third-order valence-electron chi connectivity index (χ3n) is 3.76. The fourth-order valence-corrected chi connectivity index (χ4v) is 2.35. The maximum absolute atomic E-state index is 12.2. The summed E-state index contributed by atoms with van der Waals surface area (Å²) >= 11 is 0. The molecule has 27 heavy (non-hydrogen) atoms. The Bertz CT molecular complexity index is 825. The van der Waals surface area contributed by atoms with Crippen molar-refractivity contribution in [2.75, 3.05) is 17.2 Å². The van der Waals surface area contributed by atoms with E-state index in [9.17, 15) is 18.4 Å². The van der Waals surface area contributed by atoms with Crippen molar-refractivity contribution in [3.05, 3.63) is 48.5 Å². The monoisotopic (exact) mass is 376 g/mol. The van der Waals surface area contributed by atoms with Gasteiger partial charge in [-0.1, -0.05) is 12.1 Å². The SMILES string of the molecule is O=C(COc1cccc(NC(=O)C2CC2)c1)Nc1cccc(OC(F)F)c1. The smallest absolute Gasteiger partial charge is 0.387 e. The Kier molecular flexibility index (Phi) is 5.85. The van der Waals surface area contributed by atoms with Crippen molar-refractivity contribution in [3.63, 3.8) is 0 Å². The molecule has 1 fully saturated rings. The van der Waals surface area contributed by atoms with Crippen LogP contribution in [0.4, 0.5) is 20.2 Å². The molecule has 0 aromatic heterocycles. The Morgan fingerprint density at radius 2 is 1.63 bits per heavy atom. The molecule has 3 rings (SSSR count). The van der Waals surface area contributed by atoms with E-state index >= 15 is 0 Å². The summed E-state index contributed by atoms with van der Waals surface area (Å²) in [6, 6.07) is 12.4. The first-order valence-corrected chi connectivity index (χ1v) is 8.38. The van der Waals surface area contributed by atoms with E-state index in [2.05, 4.69) is 15.4 Å². The molecule has 0 heterocycles. The van der Waals surface area contributed by atoms with Crippen LogP contribution >= 0.6 is 0 Å². The second-order valence-corrected chi connectivity index (χ2v) is 6.03. The van der Waals surface area contributed by atoms with E-state index in [1.54, 1.807) is 30.3 Å². The van der Waals surface area contributed by atoms with Gasteiger partial charge in [0.1, 0.15) is 11.5 Å². The summed E-state index contributed by atoms with van der Waals surface area (Å²) in [5, 5.41) is 5.34. The maximum atomic E-state index is 12.2. The van der Waals surface area contributed by atoms with Crippen LogP contribution < -0.4 is 20.1 Å². The van der Waals surface area contributed by atoms with Crippen LogP contribution in [-0.2, 0) is 9.59 Å². The van der Waals surface area contributed by atoms with Crippen LogP contribution in [0.2, 0.25) is 0 Å². The molecule has 0 spiro atoms. The van der Waals surface area contributed by atoms with Gasteiger partial charge in [-0.15, -0.1) is 0 Å². The summed E-state index contributed by atoms with van der Waals surface area (Å²) in [6.07, 6.45) is 1.82. The molecular weight excluding hydrogens is 358 g/mol. The van der Waals surface area contributed by atoms with Crippen molar-refractivity contribution in [1.29, 1.82) is 0 Å². The molecular formula is C19H18F2N2O4. The maximum Gasteiger partial charge on any atom is 0.387 e. The minimum atomic E-state index is -2.94. The Morgan fingerprint density at radius 1 is 1.00 bits per heavy atom. The molecule has 6 nitrogen and oxygen atoms in total. The van der Waals surface area contributed by atoms with Gasteiger partial charge in [0.2, 0.25) is 5.91 Å². The fourth-order valence-electron chi connectivity index (χ4n) is 2.35. The summed E-state index contributed by atoms with van der Waals surface area (Å²) in [5.74, 6) is -0.0195. The standard InChI is InChI=1S/C19H18F2N2O4/c20-19(21)27-16-6-2-3-13(10-16)22-17(24)11-26-15-5-1-4-14(9-15)23-18(25)12-7-8-12/h1-6,9-10,12,19H,7-8,11H2,(H,22,24)(H,23,25). The minimum absolute atomic E-state index is 0.0178. The van der Waals surface area contributed by atoms with E-state index < -0.39 is 12.5 Å². The van der Waals surface area contributed by atoms with Gasteiger partial charge in [-0.2, -0.15) is 8.78 Å². The largest absolute Gasteiger partial charge is 0.484 e. The van der Waals surface area contributed by atoms with E-state index in [-0.39, 0.29) is 24.2 Å². The highest BCUT2D eigenvalue weighted by molar-refractivity contribution is 5.94. The lowest BCUT2D eigenvalue weighted by atomic mass is 10.3. The molecule has 0 saturated heterocycles. The third-order valence-corrected chi connectivity index (χ3v) is 3.76. The number of amides is 2. The molecule has 2 N–H and O–H groups in total. The van der Waals surface area contributed by atoms with Gasteiger partial charge in [-0.25, -0.2) is 0 Å². The van der Waals surface area contributed by atoms with Crippen LogP contribution in [0.25, 0.3) is 0 Å². The Morgan fingerprint density at radius 3 is 2.30 bits per heavy atom. The average molecular weight is 376 g/mol. The van der Waals surface area contributed by atoms with Gasteiger partial charge in [0.15, 0.2) is 6.61 Å². The normalized spacial score (nSPS) is 13.1. The van der Waals surface area contributed by atoms with Crippen LogP contribution in [0.15, 0.2) is 48.5 Å². The van der Waals surface area contributed by atoms with Crippen molar-refractivity contribution >= 4 is 23.2 Å². The quantitative estimate of drug-likeness (QED) is 0.737. The topological polar surface area (TPSA) is 76.7 Å². The van der Waals surface area contributed by atoms with Gasteiger partial charge in [-0.05, 0) is 37.1 Å². The van der Waals surface area contributed by atoms with Gasteiger partial charge in [0, 0.05) is 29.4 Å². The molecule has 2 amide bonds. The van der Waals surface area contributed by atoms with Gasteiger partial charge < -0.3 is 20.1 Å². The molecule has 0 radical (unpaired) electrons. The Labute approximate surface area is 154 Å². The molecule has 0 unspecified atom stereocenters. The van der Waals surface area contributed by atoms with Crippen LogP contribution in [0.1, 0.15) is 12.8 Å². The van der Waals surface area contributed by atoms with Gasteiger partial charge in [-0.3, -0.25) is 9.59 Å². The first-order chi connectivity index (χ1) is 13.0. The summed E-state index contributed by atoms with van der Waals surface area (Å²) in [5.41, 5.74) is 0.911. The second kappa shape index (κ2) is 8.48. The lowest BCUT2D eigenvalue weighted by Crippen LogP contribution is -2.20. The second-order valence-electron chi connectivity index (χ2n) is 6.03. The van der Waals surface area contributed by atoms with E-state index in [4.69, 9.17) is 4.74 Å². The zero-order chi connectivity index (χ0) is 19.2. The van der Waals surface area contributed by atoms with E-state index in [1.807, 2.05) is 0 Å². The molecule has 2 aromatic rings. The summed E-state index contributed by atoms with van der Waals surface area (Å²) < 4.78 is 34.2. The number of halogens is 2. The molecule has 2 aromatic carbocycles. The Balaban J connectivity index is 1.51. The predicted octanol–water partition coefficient (Wildman–Crippen LogP) is 3.65. The highest BCUT2D eigenvalue weighted by Gasteiger charge is 2.29. The Hall–Kier alpha value is -3.16. The number of anilines is 2. The molecule has 1 aliphatic carbocycles. The molecule has 0 aliphatic heterocycles. The number of hydrogen-bond acceptors (Lipinski definition) is 4. The molecule has 0 atom stereocenters. The van der Waals surface area contributed by atoms with E-state index in [0.717, 1.165) is 12.8 Å². The number of carbonyl (C=O) groups is 2. The molecule has 142 valence electrons. The minimum Gasteiger partial charge on any atom is -0.484 e. The van der Waals surface area contributed by atoms with Gasteiger partial charge in [0.05, 0.1) is 0 Å². The lowest BCUT2D eigenvalue weighted by molar-refractivity contribution is -0.118. The molecule has 0 bridgehead atoms. The number of ether oxygens (including phenoxy) is 2. The number of alkyl halides is 2. The molecule has 1 saturated carbocycles. The lowest BCUT2D eigenvalue weighted by Gasteiger charge is -2.10. The van der Waals surface area contributed by atoms with Crippen LogP contribution in [0.5, 0.6) is 11.5 Å². The first kappa shape index (κ1) is 18.6. The van der Waals surface area contributed by atoms with Crippen molar-refractivity contribution < 1.29 is 27.8 Å². The van der Waals surface area contributed by atoms with Crippen LogP contribution in [0.3, 0.4) is 0 Å². The van der Waals surface area contributed by atoms with Crippen molar-refractivity contribution in [2.24, 2.45) is 5.92 Å². The number of rotatable bonds is 8.